The van der Waals surface area contributed by atoms with Crippen molar-refractivity contribution in [2.45, 2.75) is 64.8 Å². The molecule has 0 radical (unpaired) electrons. The molecule has 0 aromatic heterocycles. The second-order valence-electron chi connectivity index (χ2n) is 8.95. The highest BCUT2D eigenvalue weighted by molar-refractivity contribution is 5.93. The van der Waals surface area contributed by atoms with Crippen LogP contribution in [0.5, 0.6) is 5.75 Å². The van der Waals surface area contributed by atoms with Gasteiger partial charge in [0.05, 0.1) is 6.61 Å². The number of phenols is 1. The zero-order valence-corrected chi connectivity index (χ0v) is 18.7. The fourth-order valence-electron chi connectivity index (χ4n) is 2.58. The smallest absolute Gasteiger partial charge is 0.408 e. The highest BCUT2D eigenvalue weighted by atomic mass is 16.6. The molecule has 0 spiro atoms. The first kappa shape index (κ1) is 25.8. The van der Waals surface area contributed by atoms with E-state index in [-0.39, 0.29) is 5.75 Å². The van der Waals surface area contributed by atoms with Gasteiger partial charge in [-0.25, -0.2) is 4.79 Å². The summed E-state index contributed by atoms with van der Waals surface area (Å²) in [4.78, 5) is 39.0. The van der Waals surface area contributed by atoms with Crippen molar-refractivity contribution >= 4 is 17.9 Å². The number of nitrogens with one attached hydrogen (secondary N) is 2. The Morgan fingerprint density at radius 1 is 1.13 bits per heavy atom. The number of aromatic hydroxyl groups is 1. The molecule has 0 aliphatic rings. The lowest BCUT2D eigenvalue weighted by molar-refractivity contribution is -0.139. The molecular formula is C22H31N3O6. The van der Waals surface area contributed by atoms with Crippen LogP contribution in [0.3, 0.4) is 0 Å². The van der Waals surface area contributed by atoms with Crippen molar-refractivity contribution in [3.8, 4) is 18.2 Å². The predicted octanol–water partition coefficient (Wildman–Crippen LogP) is 1.65. The number of amides is 3. The number of hydrogen-bond donors (Lipinski definition) is 4. The van der Waals surface area contributed by atoms with E-state index in [9.17, 15) is 24.6 Å². The molecule has 0 saturated carbocycles. The summed E-state index contributed by atoms with van der Waals surface area (Å²) < 4.78 is 5.11. The first-order valence-corrected chi connectivity index (χ1v) is 9.69. The number of terminal acetylenes is 1. The number of carbonyl (C=O) groups excluding carboxylic acids is 3. The third-order valence-corrected chi connectivity index (χ3v) is 3.76. The third-order valence-electron chi connectivity index (χ3n) is 3.76. The van der Waals surface area contributed by atoms with E-state index in [2.05, 4.69) is 16.7 Å². The Morgan fingerprint density at radius 3 is 2.10 bits per heavy atom. The maximum absolute atomic E-state index is 13.1. The lowest BCUT2D eigenvalue weighted by Gasteiger charge is -2.32. The molecular weight excluding hydrogens is 402 g/mol. The fraction of sp³-hybridized carbons (Fsp3) is 0.500. The van der Waals surface area contributed by atoms with Gasteiger partial charge in [0.2, 0.25) is 5.91 Å². The van der Waals surface area contributed by atoms with Crippen LogP contribution in [0, 0.1) is 12.5 Å². The lowest BCUT2D eigenvalue weighted by atomic mass is 10.0. The molecule has 2 atom stereocenters. The number of rotatable bonds is 6. The lowest BCUT2D eigenvalue weighted by Crippen LogP contribution is -2.54. The van der Waals surface area contributed by atoms with Gasteiger partial charge in [-0.05, 0) is 59.2 Å². The Kier molecular flexibility index (Phi) is 8.46. The van der Waals surface area contributed by atoms with Crippen LogP contribution in [-0.4, -0.2) is 56.8 Å². The monoisotopic (exact) mass is 433 g/mol. The number of aliphatic hydroxyl groups excluding tert-OH is 1. The van der Waals surface area contributed by atoms with Crippen molar-refractivity contribution in [1.29, 1.82) is 0 Å². The molecule has 0 heterocycles. The van der Waals surface area contributed by atoms with E-state index >= 15 is 0 Å². The normalized spacial score (nSPS) is 13.4. The minimum absolute atomic E-state index is 0.0304. The zero-order valence-electron chi connectivity index (χ0n) is 18.7. The summed E-state index contributed by atoms with van der Waals surface area (Å²) in [7, 11) is 0. The molecule has 0 aliphatic carbocycles. The Balaban J connectivity index is 3.28. The molecule has 1 rings (SSSR count). The molecule has 1 aromatic rings. The standard InChI is InChI=1S/C22H31N3O6/c1-8-25(19(29)16(13-26)23-20(30)31-22(5,6)7)17(18(28)24-21(2,3)4)14-9-11-15(27)12-10-14/h1,9-12,16-17,26-27H,13H2,2-7H3,(H,23,30)(H,24,28). The van der Waals surface area contributed by atoms with E-state index in [1.807, 2.05) is 0 Å². The second kappa shape index (κ2) is 10.2. The first-order valence-electron chi connectivity index (χ1n) is 9.69. The molecule has 2 unspecified atom stereocenters. The minimum atomic E-state index is -1.44. The van der Waals surface area contributed by atoms with Crippen LogP contribution in [0.2, 0.25) is 0 Å². The summed E-state index contributed by atoms with van der Waals surface area (Å²) in [6.07, 6.45) is 4.65. The summed E-state index contributed by atoms with van der Waals surface area (Å²) >= 11 is 0. The van der Waals surface area contributed by atoms with Gasteiger partial charge < -0.3 is 25.6 Å². The highest BCUT2D eigenvalue weighted by Crippen LogP contribution is 2.24. The summed E-state index contributed by atoms with van der Waals surface area (Å²) in [5, 5.41) is 24.3. The highest BCUT2D eigenvalue weighted by Gasteiger charge is 2.36. The molecule has 0 bridgehead atoms. The van der Waals surface area contributed by atoms with Crippen molar-refractivity contribution in [1.82, 2.24) is 15.5 Å². The van der Waals surface area contributed by atoms with Crippen LogP contribution >= 0.6 is 0 Å². The van der Waals surface area contributed by atoms with Gasteiger partial charge in [-0.15, -0.1) is 0 Å². The number of phenolic OH excluding ortho intramolecular Hbond substituents is 1. The maximum atomic E-state index is 13.1. The topological polar surface area (TPSA) is 128 Å². The summed E-state index contributed by atoms with van der Waals surface area (Å²) in [6, 6.07) is 5.08. The van der Waals surface area contributed by atoms with Crippen molar-refractivity contribution in [2.24, 2.45) is 0 Å². The average molecular weight is 434 g/mol. The largest absolute Gasteiger partial charge is 0.508 e. The quantitative estimate of drug-likeness (QED) is 0.399. The van der Waals surface area contributed by atoms with E-state index in [1.54, 1.807) is 41.5 Å². The molecule has 0 aliphatic heterocycles. The van der Waals surface area contributed by atoms with E-state index in [0.29, 0.717) is 5.56 Å². The van der Waals surface area contributed by atoms with Gasteiger partial charge >= 0.3 is 6.09 Å². The Morgan fingerprint density at radius 2 is 1.68 bits per heavy atom. The van der Waals surface area contributed by atoms with Crippen molar-refractivity contribution in [3.05, 3.63) is 29.8 Å². The molecule has 9 heteroatoms. The molecule has 0 saturated heterocycles. The van der Waals surface area contributed by atoms with E-state index in [1.165, 1.54) is 24.3 Å². The van der Waals surface area contributed by atoms with Crippen LogP contribution < -0.4 is 10.6 Å². The number of nitrogens with zero attached hydrogens (tertiary/aromatic N) is 1. The minimum Gasteiger partial charge on any atom is -0.508 e. The Labute approximate surface area is 182 Å². The van der Waals surface area contributed by atoms with Gasteiger partial charge in [0.15, 0.2) is 0 Å². The van der Waals surface area contributed by atoms with Crippen molar-refractivity contribution < 1.29 is 29.3 Å². The molecule has 170 valence electrons. The summed E-state index contributed by atoms with van der Waals surface area (Å²) in [5.41, 5.74) is -1.11. The SMILES string of the molecule is C#CN(C(=O)C(CO)NC(=O)OC(C)(C)C)C(C(=O)NC(C)(C)C)c1ccc(O)cc1. The van der Waals surface area contributed by atoms with Crippen LogP contribution in [-0.2, 0) is 14.3 Å². The number of aliphatic hydroxyl groups is 1. The van der Waals surface area contributed by atoms with Crippen molar-refractivity contribution in [3.63, 3.8) is 0 Å². The number of hydrogen-bond acceptors (Lipinski definition) is 6. The number of ether oxygens (including phenoxy) is 1. The van der Waals surface area contributed by atoms with Gasteiger partial charge in [0.25, 0.3) is 5.91 Å². The number of alkyl carbamates (subject to hydrolysis) is 1. The summed E-state index contributed by atoms with van der Waals surface area (Å²) in [5.74, 6) is -1.48. The van der Waals surface area contributed by atoms with Gasteiger partial charge in [-0.1, -0.05) is 18.6 Å². The van der Waals surface area contributed by atoms with Crippen LogP contribution in [0.4, 0.5) is 4.79 Å². The molecule has 3 amide bonds. The molecule has 1 aromatic carbocycles. The fourth-order valence-corrected chi connectivity index (χ4v) is 2.58. The molecule has 4 N–H and O–H groups in total. The van der Waals surface area contributed by atoms with Crippen LogP contribution in [0.25, 0.3) is 0 Å². The van der Waals surface area contributed by atoms with Gasteiger partial charge in [-0.3, -0.25) is 14.5 Å². The predicted molar refractivity (Wildman–Crippen MR) is 115 cm³/mol. The second-order valence-corrected chi connectivity index (χ2v) is 8.95. The van der Waals surface area contributed by atoms with Crippen LogP contribution in [0.1, 0.15) is 53.1 Å². The Hall–Kier alpha value is -3.25. The first-order chi connectivity index (χ1) is 14.2. The zero-order chi connectivity index (χ0) is 24.0. The molecule has 0 fully saturated rings. The van der Waals surface area contributed by atoms with Gasteiger partial charge in [-0.2, -0.15) is 0 Å². The maximum Gasteiger partial charge on any atom is 0.408 e. The van der Waals surface area contributed by atoms with E-state index in [4.69, 9.17) is 11.2 Å². The van der Waals surface area contributed by atoms with E-state index < -0.39 is 47.7 Å². The van der Waals surface area contributed by atoms with Gasteiger partial charge in [0.1, 0.15) is 23.4 Å². The molecule has 31 heavy (non-hydrogen) atoms. The third kappa shape index (κ3) is 8.18. The van der Waals surface area contributed by atoms with Crippen molar-refractivity contribution in [2.75, 3.05) is 6.61 Å². The number of carbonyl (C=O) groups is 3. The number of benzene rings is 1. The molecule has 9 nitrogen and oxygen atoms in total. The average Bonchev–Trinajstić information content (AvgIpc) is 2.61. The van der Waals surface area contributed by atoms with Gasteiger partial charge in [0, 0.05) is 11.6 Å². The van der Waals surface area contributed by atoms with E-state index in [0.717, 1.165) is 4.90 Å². The van der Waals surface area contributed by atoms with Crippen LogP contribution in [0.15, 0.2) is 24.3 Å². The Bertz CT molecular complexity index is 831. The summed E-state index contributed by atoms with van der Waals surface area (Å²) in [6.45, 7) is 9.47.